The van der Waals surface area contributed by atoms with E-state index in [1.54, 1.807) is 7.11 Å². The molecule has 0 aromatic carbocycles. The SMILES string of the molecule is CCOCCN(C)c1nc(COC)c(C=O)s1. The number of likely N-dealkylation sites (N-methyl/N-ethyl adjacent to an activating group) is 1. The van der Waals surface area contributed by atoms with E-state index < -0.39 is 0 Å². The fourth-order valence-corrected chi connectivity index (χ4v) is 2.16. The van der Waals surface area contributed by atoms with Crippen molar-refractivity contribution in [2.45, 2.75) is 13.5 Å². The van der Waals surface area contributed by atoms with Gasteiger partial charge in [-0.25, -0.2) is 4.98 Å². The maximum atomic E-state index is 10.9. The Labute approximate surface area is 105 Å². The second-order valence-corrected chi connectivity index (χ2v) is 4.49. The van der Waals surface area contributed by atoms with Gasteiger partial charge >= 0.3 is 0 Å². The van der Waals surface area contributed by atoms with E-state index in [1.165, 1.54) is 11.3 Å². The van der Waals surface area contributed by atoms with Crippen LogP contribution in [0.2, 0.25) is 0 Å². The number of aldehydes is 1. The van der Waals surface area contributed by atoms with Crippen LogP contribution in [0.3, 0.4) is 0 Å². The molecule has 0 N–H and O–H groups in total. The Morgan fingerprint density at radius 2 is 2.29 bits per heavy atom. The molecule has 0 saturated heterocycles. The monoisotopic (exact) mass is 258 g/mol. The lowest BCUT2D eigenvalue weighted by molar-refractivity contribution is 0.112. The molecule has 0 atom stereocenters. The number of nitrogens with zero attached hydrogens (tertiary/aromatic N) is 2. The summed E-state index contributed by atoms with van der Waals surface area (Å²) in [6.45, 7) is 4.45. The minimum Gasteiger partial charge on any atom is -0.380 e. The van der Waals surface area contributed by atoms with Gasteiger partial charge in [-0.2, -0.15) is 0 Å². The average molecular weight is 258 g/mol. The highest BCUT2D eigenvalue weighted by molar-refractivity contribution is 7.17. The fraction of sp³-hybridized carbons (Fsp3) is 0.636. The Morgan fingerprint density at radius 3 is 2.88 bits per heavy atom. The Bertz CT molecular complexity index is 354. The number of carbonyl (C=O) groups excluding carboxylic acids is 1. The lowest BCUT2D eigenvalue weighted by Crippen LogP contribution is -2.22. The molecule has 0 bridgehead atoms. The van der Waals surface area contributed by atoms with Gasteiger partial charge in [0.15, 0.2) is 11.4 Å². The lowest BCUT2D eigenvalue weighted by Gasteiger charge is -2.14. The van der Waals surface area contributed by atoms with Crippen LogP contribution in [0.4, 0.5) is 5.13 Å². The lowest BCUT2D eigenvalue weighted by atomic mass is 10.4. The number of aromatic nitrogens is 1. The summed E-state index contributed by atoms with van der Waals surface area (Å²) in [7, 11) is 3.52. The summed E-state index contributed by atoms with van der Waals surface area (Å²) in [5.41, 5.74) is 0.700. The highest BCUT2D eigenvalue weighted by Gasteiger charge is 2.13. The first-order chi connectivity index (χ1) is 8.22. The summed E-state index contributed by atoms with van der Waals surface area (Å²) < 4.78 is 10.3. The summed E-state index contributed by atoms with van der Waals surface area (Å²) in [6, 6.07) is 0. The minimum absolute atomic E-state index is 0.365. The highest BCUT2D eigenvalue weighted by Crippen LogP contribution is 2.24. The largest absolute Gasteiger partial charge is 0.380 e. The van der Waals surface area contributed by atoms with E-state index in [4.69, 9.17) is 9.47 Å². The molecule has 1 rings (SSSR count). The van der Waals surface area contributed by atoms with Crippen LogP contribution in [0.1, 0.15) is 22.3 Å². The number of hydrogen-bond acceptors (Lipinski definition) is 6. The van der Waals surface area contributed by atoms with Crippen molar-refractivity contribution >= 4 is 22.8 Å². The molecule has 0 unspecified atom stereocenters. The molecule has 17 heavy (non-hydrogen) atoms. The zero-order chi connectivity index (χ0) is 12.7. The van der Waals surface area contributed by atoms with Gasteiger partial charge in [-0.15, -0.1) is 0 Å². The molecule has 5 nitrogen and oxygen atoms in total. The van der Waals surface area contributed by atoms with Crippen molar-refractivity contribution in [2.75, 3.05) is 38.8 Å². The predicted octanol–water partition coefficient (Wildman–Crippen LogP) is 1.57. The van der Waals surface area contributed by atoms with Gasteiger partial charge in [0.25, 0.3) is 0 Å². The standard InChI is InChI=1S/C11H18N2O3S/c1-4-16-6-5-13(2)11-12-9(8-15-3)10(7-14)17-11/h7H,4-6,8H2,1-3H3. The number of hydrogen-bond donors (Lipinski definition) is 0. The van der Waals surface area contributed by atoms with Crippen LogP contribution in [-0.4, -0.2) is 45.2 Å². The molecule has 0 radical (unpaired) electrons. The van der Waals surface area contributed by atoms with Gasteiger partial charge in [-0.1, -0.05) is 11.3 Å². The molecular weight excluding hydrogens is 240 g/mol. The number of methoxy groups -OCH3 is 1. The molecule has 0 aliphatic heterocycles. The molecule has 0 aliphatic carbocycles. The van der Waals surface area contributed by atoms with Crippen LogP contribution in [0, 0.1) is 0 Å². The third-order valence-corrected chi connectivity index (χ3v) is 3.34. The van der Waals surface area contributed by atoms with E-state index in [-0.39, 0.29) is 0 Å². The van der Waals surface area contributed by atoms with Crippen LogP contribution in [-0.2, 0) is 16.1 Å². The van der Waals surface area contributed by atoms with Crippen LogP contribution in [0.15, 0.2) is 0 Å². The van der Waals surface area contributed by atoms with Gasteiger partial charge < -0.3 is 14.4 Å². The molecule has 0 aliphatic rings. The van der Waals surface area contributed by atoms with Crippen molar-refractivity contribution in [1.29, 1.82) is 0 Å². The Kier molecular flexibility index (Phi) is 6.10. The minimum atomic E-state index is 0.365. The molecular formula is C11H18N2O3S. The third-order valence-electron chi connectivity index (χ3n) is 2.21. The van der Waals surface area contributed by atoms with Crippen LogP contribution < -0.4 is 4.90 Å². The topological polar surface area (TPSA) is 51.7 Å². The summed E-state index contributed by atoms with van der Waals surface area (Å²) >= 11 is 1.38. The molecule has 6 heteroatoms. The number of thiazole rings is 1. The van der Waals surface area contributed by atoms with Gasteiger partial charge in [-0.05, 0) is 6.92 Å². The summed E-state index contributed by atoms with van der Waals surface area (Å²) in [5.74, 6) is 0. The van der Waals surface area contributed by atoms with Crippen LogP contribution in [0.5, 0.6) is 0 Å². The van der Waals surface area contributed by atoms with Crippen LogP contribution in [0.25, 0.3) is 0 Å². The summed E-state index contributed by atoms with van der Waals surface area (Å²) in [6.07, 6.45) is 0.825. The number of ether oxygens (including phenoxy) is 2. The van der Waals surface area contributed by atoms with E-state index in [2.05, 4.69) is 4.98 Å². The first-order valence-electron chi connectivity index (χ1n) is 5.45. The predicted molar refractivity (Wildman–Crippen MR) is 68.0 cm³/mol. The molecule has 1 aromatic heterocycles. The molecule has 0 fully saturated rings. The van der Waals surface area contributed by atoms with Crippen molar-refractivity contribution in [2.24, 2.45) is 0 Å². The van der Waals surface area contributed by atoms with Gasteiger partial charge in [0.2, 0.25) is 0 Å². The van der Waals surface area contributed by atoms with Crippen molar-refractivity contribution in [3.63, 3.8) is 0 Å². The molecule has 1 aromatic rings. The van der Waals surface area contributed by atoms with E-state index in [9.17, 15) is 4.79 Å². The molecule has 0 spiro atoms. The third kappa shape index (κ3) is 4.07. The Hall–Kier alpha value is -0.980. The number of carbonyl (C=O) groups is 1. The van der Waals surface area contributed by atoms with E-state index in [0.717, 1.165) is 18.0 Å². The second kappa shape index (κ2) is 7.37. The van der Waals surface area contributed by atoms with Gasteiger partial charge in [0, 0.05) is 27.3 Å². The van der Waals surface area contributed by atoms with Gasteiger partial charge in [-0.3, -0.25) is 4.79 Å². The summed E-state index contributed by atoms with van der Waals surface area (Å²) in [5, 5.41) is 0.818. The smallest absolute Gasteiger partial charge is 0.186 e. The summed E-state index contributed by atoms with van der Waals surface area (Å²) in [4.78, 5) is 17.9. The van der Waals surface area contributed by atoms with Crippen molar-refractivity contribution in [1.82, 2.24) is 4.98 Å². The Balaban J connectivity index is 2.66. The fourth-order valence-electron chi connectivity index (χ4n) is 1.29. The molecule has 0 saturated carbocycles. The van der Waals surface area contributed by atoms with E-state index >= 15 is 0 Å². The van der Waals surface area contributed by atoms with Crippen molar-refractivity contribution in [3.8, 4) is 0 Å². The van der Waals surface area contributed by atoms with Gasteiger partial charge in [0.1, 0.15) is 0 Å². The normalized spacial score (nSPS) is 10.5. The quantitative estimate of drug-likeness (QED) is 0.523. The average Bonchev–Trinajstić information content (AvgIpc) is 2.73. The van der Waals surface area contributed by atoms with Gasteiger partial charge in [0.05, 0.1) is 23.8 Å². The second-order valence-electron chi connectivity index (χ2n) is 3.48. The van der Waals surface area contributed by atoms with Crippen LogP contribution >= 0.6 is 11.3 Å². The van der Waals surface area contributed by atoms with E-state index in [0.29, 0.717) is 30.4 Å². The maximum Gasteiger partial charge on any atom is 0.186 e. The van der Waals surface area contributed by atoms with Crippen molar-refractivity contribution in [3.05, 3.63) is 10.6 Å². The first kappa shape index (κ1) is 14.1. The van der Waals surface area contributed by atoms with E-state index in [1.807, 2.05) is 18.9 Å². The molecule has 0 amide bonds. The van der Waals surface area contributed by atoms with Crippen molar-refractivity contribution < 1.29 is 14.3 Å². The number of anilines is 1. The molecule has 1 heterocycles. The first-order valence-corrected chi connectivity index (χ1v) is 6.27. The zero-order valence-corrected chi connectivity index (χ0v) is 11.2. The Morgan fingerprint density at radius 1 is 1.53 bits per heavy atom. The maximum absolute atomic E-state index is 10.9. The number of rotatable bonds is 8. The highest BCUT2D eigenvalue weighted by atomic mass is 32.1. The molecule has 96 valence electrons. The zero-order valence-electron chi connectivity index (χ0n) is 10.4.